The van der Waals surface area contributed by atoms with Gasteiger partial charge in [-0.25, -0.2) is 9.37 Å². The number of aryl methyl sites for hydroxylation is 1. The molecule has 0 saturated carbocycles. The lowest BCUT2D eigenvalue weighted by Gasteiger charge is -2.07. The summed E-state index contributed by atoms with van der Waals surface area (Å²) in [5.41, 5.74) is 1.50. The molecular formula is C19H21FN4S2. The maximum absolute atomic E-state index is 14.1. The number of aromatic nitrogens is 4. The Kier molecular flexibility index (Phi) is 6.57. The Morgan fingerprint density at radius 1 is 1.31 bits per heavy atom. The van der Waals surface area contributed by atoms with E-state index in [0.717, 1.165) is 23.0 Å². The van der Waals surface area contributed by atoms with Crippen molar-refractivity contribution in [2.24, 2.45) is 0 Å². The number of halogens is 1. The monoisotopic (exact) mass is 388 g/mol. The molecule has 0 fully saturated rings. The van der Waals surface area contributed by atoms with E-state index in [1.165, 1.54) is 23.9 Å². The summed E-state index contributed by atoms with van der Waals surface area (Å²) < 4.78 is 16.0. The topological polar surface area (TPSA) is 43.6 Å². The molecule has 0 unspecified atom stereocenters. The lowest BCUT2D eigenvalue weighted by Crippen LogP contribution is -2.01. The normalized spacial score (nSPS) is 11.0. The molecular weight excluding hydrogens is 367 g/mol. The number of hydrogen-bond donors (Lipinski definition) is 0. The number of allylic oxidation sites excluding steroid dienone is 1. The third-order valence-electron chi connectivity index (χ3n) is 3.84. The summed E-state index contributed by atoms with van der Waals surface area (Å²) in [6.45, 7) is 6.50. The van der Waals surface area contributed by atoms with Crippen molar-refractivity contribution in [1.82, 2.24) is 19.7 Å². The molecule has 0 radical (unpaired) electrons. The van der Waals surface area contributed by atoms with Crippen LogP contribution in [-0.2, 0) is 18.7 Å². The van der Waals surface area contributed by atoms with Crippen LogP contribution >= 0.6 is 23.1 Å². The van der Waals surface area contributed by atoms with Gasteiger partial charge in [0.1, 0.15) is 5.82 Å². The summed E-state index contributed by atoms with van der Waals surface area (Å²) >= 11 is 3.27. The smallest absolute Gasteiger partial charge is 0.192 e. The first-order valence-electron chi connectivity index (χ1n) is 8.58. The number of hydrogen-bond acceptors (Lipinski definition) is 5. The quantitative estimate of drug-likeness (QED) is 0.365. The van der Waals surface area contributed by atoms with E-state index in [1.54, 1.807) is 47.4 Å². The van der Waals surface area contributed by atoms with Crippen LogP contribution in [0.1, 0.15) is 30.5 Å². The standard InChI is InChI=1S/C19H21FN4S2/c1-3-5-10-17-21-14(12-25-17)13-26-19-23-22-18(24(19)11-4-2)15-8-6-7-9-16(15)20/h4,6-9,12H,2-3,5,10-11,13H2,1H3. The van der Waals surface area contributed by atoms with E-state index in [1.807, 2.05) is 4.57 Å². The van der Waals surface area contributed by atoms with Gasteiger partial charge >= 0.3 is 0 Å². The number of nitrogens with zero attached hydrogens (tertiary/aromatic N) is 4. The average Bonchev–Trinajstić information content (AvgIpc) is 3.26. The van der Waals surface area contributed by atoms with Crippen molar-refractivity contribution < 1.29 is 4.39 Å². The minimum Gasteiger partial charge on any atom is -0.298 e. The van der Waals surface area contributed by atoms with E-state index < -0.39 is 0 Å². The molecule has 0 amide bonds. The lowest BCUT2D eigenvalue weighted by atomic mass is 10.2. The molecule has 0 atom stereocenters. The minimum absolute atomic E-state index is 0.304. The molecule has 0 spiro atoms. The molecule has 0 saturated heterocycles. The van der Waals surface area contributed by atoms with Gasteiger partial charge in [-0.05, 0) is 25.0 Å². The predicted octanol–water partition coefficient (Wildman–Crippen LogP) is 5.36. The van der Waals surface area contributed by atoms with Crippen LogP contribution in [-0.4, -0.2) is 19.7 Å². The highest BCUT2D eigenvalue weighted by atomic mass is 32.2. The van der Waals surface area contributed by atoms with Gasteiger partial charge in [0.05, 0.1) is 16.3 Å². The number of thioether (sulfide) groups is 1. The molecule has 0 aliphatic carbocycles. The zero-order chi connectivity index (χ0) is 18.4. The number of thiazole rings is 1. The van der Waals surface area contributed by atoms with E-state index in [-0.39, 0.29) is 5.82 Å². The second kappa shape index (κ2) is 9.09. The van der Waals surface area contributed by atoms with E-state index in [2.05, 4.69) is 34.1 Å². The molecule has 3 aromatic rings. The zero-order valence-corrected chi connectivity index (χ0v) is 16.3. The molecule has 0 aliphatic heterocycles. The van der Waals surface area contributed by atoms with Gasteiger partial charge in [0.15, 0.2) is 11.0 Å². The predicted molar refractivity (Wildman–Crippen MR) is 106 cm³/mol. The molecule has 136 valence electrons. The number of rotatable bonds is 9. The van der Waals surface area contributed by atoms with Gasteiger partial charge in [-0.3, -0.25) is 4.57 Å². The second-order valence-corrected chi connectivity index (χ2v) is 7.70. The van der Waals surface area contributed by atoms with E-state index in [9.17, 15) is 4.39 Å². The molecule has 26 heavy (non-hydrogen) atoms. The summed E-state index contributed by atoms with van der Waals surface area (Å²) in [7, 11) is 0. The summed E-state index contributed by atoms with van der Waals surface area (Å²) in [6.07, 6.45) is 5.15. The van der Waals surface area contributed by atoms with Crippen molar-refractivity contribution in [1.29, 1.82) is 0 Å². The highest BCUT2D eigenvalue weighted by Crippen LogP contribution is 2.28. The van der Waals surface area contributed by atoms with Crippen molar-refractivity contribution in [2.45, 2.75) is 43.6 Å². The van der Waals surface area contributed by atoms with Crippen molar-refractivity contribution in [2.75, 3.05) is 0 Å². The Bertz CT molecular complexity index is 872. The Morgan fingerprint density at radius 3 is 2.92 bits per heavy atom. The molecule has 7 heteroatoms. The number of benzene rings is 1. The van der Waals surface area contributed by atoms with Crippen LogP contribution in [0.3, 0.4) is 0 Å². The SMILES string of the molecule is C=CCn1c(SCc2csc(CCCC)n2)nnc1-c1ccccc1F. The Balaban J connectivity index is 1.77. The fourth-order valence-electron chi connectivity index (χ4n) is 2.53. The van der Waals surface area contributed by atoms with Crippen LogP contribution in [0.2, 0.25) is 0 Å². The number of unbranched alkanes of at least 4 members (excludes halogenated alkanes) is 1. The van der Waals surface area contributed by atoms with E-state index >= 15 is 0 Å². The van der Waals surface area contributed by atoms with Crippen molar-refractivity contribution in [3.8, 4) is 11.4 Å². The van der Waals surface area contributed by atoms with E-state index in [4.69, 9.17) is 0 Å². The van der Waals surface area contributed by atoms with Crippen LogP contribution in [0.5, 0.6) is 0 Å². The zero-order valence-electron chi connectivity index (χ0n) is 14.7. The second-order valence-electron chi connectivity index (χ2n) is 5.81. The molecule has 0 N–H and O–H groups in total. The third-order valence-corrected chi connectivity index (χ3v) is 5.79. The molecule has 4 nitrogen and oxygen atoms in total. The fraction of sp³-hybridized carbons (Fsp3) is 0.316. The van der Waals surface area contributed by atoms with Crippen LogP contribution in [0.15, 0.2) is 47.5 Å². The fourth-order valence-corrected chi connectivity index (χ4v) is 4.31. The summed E-state index contributed by atoms with van der Waals surface area (Å²) in [6, 6.07) is 6.61. The van der Waals surface area contributed by atoms with Crippen LogP contribution in [0.4, 0.5) is 4.39 Å². The summed E-state index contributed by atoms with van der Waals surface area (Å²) in [5.74, 6) is 0.934. The Labute approximate surface area is 161 Å². The van der Waals surface area contributed by atoms with Gasteiger partial charge in [0.25, 0.3) is 0 Å². The molecule has 2 heterocycles. The third kappa shape index (κ3) is 4.40. The van der Waals surface area contributed by atoms with Crippen molar-refractivity contribution in [3.05, 3.63) is 58.8 Å². The molecule has 1 aromatic carbocycles. The van der Waals surface area contributed by atoms with Gasteiger partial charge in [-0.1, -0.05) is 43.3 Å². The van der Waals surface area contributed by atoms with Crippen LogP contribution in [0, 0.1) is 5.82 Å². The first-order chi connectivity index (χ1) is 12.7. The van der Waals surface area contributed by atoms with Gasteiger partial charge < -0.3 is 0 Å². The van der Waals surface area contributed by atoms with Gasteiger partial charge in [-0.15, -0.1) is 28.1 Å². The van der Waals surface area contributed by atoms with Crippen LogP contribution in [0.25, 0.3) is 11.4 Å². The van der Waals surface area contributed by atoms with Gasteiger partial charge in [-0.2, -0.15) is 0 Å². The van der Waals surface area contributed by atoms with E-state index in [0.29, 0.717) is 17.9 Å². The Morgan fingerprint density at radius 2 is 2.15 bits per heavy atom. The summed E-state index contributed by atoms with van der Waals surface area (Å²) in [5, 5.41) is 12.5. The molecule has 0 aliphatic rings. The van der Waals surface area contributed by atoms with Gasteiger partial charge in [0, 0.05) is 17.7 Å². The van der Waals surface area contributed by atoms with Crippen molar-refractivity contribution >= 4 is 23.1 Å². The van der Waals surface area contributed by atoms with Crippen LogP contribution < -0.4 is 0 Å². The molecule has 0 bridgehead atoms. The maximum Gasteiger partial charge on any atom is 0.192 e. The molecule has 2 aromatic heterocycles. The lowest BCUT2D eigenvalue weighted by molar-refractivity contribution is 0.626. The average molecular weight is 389 g/mol. The van der Waals surface area contributed by atoms with Gasteiger partial charge in [0.2, 0.25) is 0 Å². The summed E-state index contributed by atoms with van der Waals surface area (Å²) in [4.78, 5) is 4.68. The highest BCUT2D eigenvalue weighted by molar-refractivity contribution is 7.98. The minimum atomic E-state index is -0.304. The molecule has 3 rings (SSSR count). The largest absolute Gasteiger partial charge is 0.298 e. The first-order valence-corrected chi connectivity index (χ1v) is 10.4. The van der Waals surface area contributed by atoms with Crippen molar-refractivity contribution in [3.63, 3.8) is 0 Å². The Hall–Kier alpha value is -1.99. The first kappa shape index (κ1) is 18.8. The maximum atomic E-state index is 14.1. The highest BCUT2D eigenvalue weighted by Gasteiger charge is 2.16.